The fourth-order valence-corrected chi connectivity index (χ4v) is 4.49. The number of aromatic amines is 1. The Morgan fingerprint density at radius 3 is 2.79 bits per heavy atom. The number of pyridine rings is 2. The van der Waals surface area contributed by atoms with E-state index >= 15 is 0 Å². The molecule has 4 aromatic heterocycles. The number of rotatable bonds is 5. The van der Waals surface area contributed by atoms with E-state index in [1.54, 1.807) is 11.3 Å². The third-order valence-corrected chi connectivity index (χ3v) is 5.91. The normalized spacial score (nSPS) is 11.6. The van der Waals surface area contributed by atoms with E-state index in [2.05, 4.69) is 81.7 Å². The van der Waals surface area contributed by atoms with Crippen molar-refractivity contribution in [1.82, 2.24) is 19.9 Å². The summed E-state index contributed by atoms with van der Waals surface area (Å²) in [5.41, 5.74) is 5.44. The van der Waals surface area contributed by atoms with Crippen molar-refractivity contribution in [2.45, 2.75) is 6.54 Å². The van der Waals surface area contributed by atoms with Crippen molar-refractivity contribution in [3.8, 4) is 10.6 Å². The predicted octanol–water partition coefficient (Wildman–Crippen LogP) is 5.64. The molecule has 0 aliphatic carbocycles. The van der Waals surface area contributed by atoms with Crippen LogP contribution in [0.5, 0.6) is 0 Å². The molecule has 4 heterocycles. The maximum atomic E-state index is 4.67. The van der Waals surface area contributed by atoms with E-state index in [1.165, 1.54) is 10.9 Å². The van der Waals surface area contributed by atoms with Crippen LogP contribution in [0.4, 0.5) is 11.4 Å². The number of fused-ring (bicyclic) bond motifs is 2. The van der Waals surface area contributed by atoms with Crippen molar-refractivity contribution in [3.63, 3.8) is 0 Å². The molecule has 0 fully saturated rings. The lowest BCUT2D eigenvalue weighted by Crippen LogP contribution is -2.10. The van der Waals surface area contributed by atoms with Crippen LogP contribution in [0.1, 0.15) is 5.56 Å². The number of nitrogens with one attached hydrogen (secondary N) is 2. The van der Waals surface area contributed by atoms with Gasteiger partial charge in [-0.3, -0.25) is 4.98 Å². The number of nitrogens with zero attached hydrogens (tertiary/aromatic N) is 3. The molecule has 6 heteroatoms. The summed E-state index contributed by atoms with van der Waals surface area (Å²) in [5.74, 6) is 0. The highest BCUT2D eigenvalue weighted by Crippen LogP contribution is 2.36. The molecule has 0 atom stereocenters. The Balaban J connectivity index is 1.47. The Morgan fingerprint density at radius 1 is 1.03 bits per heavy atom. The van der Waals surface area contributed by atoms with Crippen LogP contribution in [0, 0.1) is 0 Å². The molecule has 5 aromatic rings. The number of thiophene rings is 1. The molecule has 2 N–H and O–H groups in total. The predicted molar refractivity (Wildman–Crippen MR) is 122 cm³/mol. The molecule has 1 aromatic carbocycles. The lowest BCUT2D eigenvalue weighted by atomic mass is 10.2. The topological polar surface area (TPSA) is 56.8 Å². The molecular formula is C23H21N5S. The van der Waals surface area contributed by atoms with Crippen LogP contribution in [0.15, 0.2) is 67.1 Å². The largest absolute Gasteiger partial charge is 0.361 e. The van der Waals surface area contributed by atoms with Gasteiger partial charge in [0.1, 0.15) is 4.83 Å². The molecule has 0 amide bonds. The number of hydrogen-bond donors (Lipinski definition) is 2. The zero-order valence-electron chi connectivity index (χ0n) is 16.3. The van der Waals surface area contributed by atoms with E-state index < -0.39 is 0 Å². The average molecular weight is 400 g/mol. The summed E-state index contributed by atoms with van der Waals surface area (Å²) in [6.45, 7) is 0.890. The SMILES string of the molecule is CN(C)Cc1ccc(-c2cc3c(Nc4ccc5[nH]ccc5c4)ccnc3s2)nc1. The molecule has 5 nitrogen and oxygen atoms in total. The summed E-state index contributed by atoms with van der Waals surface area (Å²) in [5, 5.41) is 5.85. The summed E-state index contributed by atoms with van der Waals surface area (Å²) in [4.78, 5) is 16.7. The molecule has 0 bridgehead atoms. The second kappa shape index (κ2) is 7.31. The van der Waals surface area contributed by atoms with Gasteiger partial charge in [0.25, 0.3) is 0 Å². The molecule has 144 valence electrons. The van der Waals surface area contributed by atoms with Gasteiger partial charge in [-0.1, -0.05) is 6.07 Å². The van der Waals surface area contributed by atoms with Gasteiger partial charge in [-0.25, -0.2) is 4.98 Å². The van der Waals surface area contributed by atoms with Crippen molar-refractivity contribution >= 4 is 43.8 Å². The smallest absolute Gasteiger partial charge is 0.125 e. The maximum Gasteiger partial charge on any atom is 0.125 e. The first-order chi connectivity index (χ1) is 14.2. The summed E-state index contributed by atoms with van der Waals surface area (Å²) in [7, 11) is 4.13. The summed E-state index contributed by atoms with van der Waals surface area (Å²) >= 11 is 1.67. The number of anilines is 2. The van der Waals surface area contributed by atoms with Gasteiger partial charge in [0.15, 0.2) is 0 Å². The number of hydrogen-bond acceptors (Lipinski definition) is 5. The highest BCUT2D eigenvalue weighted by Gasteiger charge is 2.11. The van der Waals surface area contributed by atoms with E-state index in [0.29, 0.717) is 0 Å². The first-order valence-corrected chi connectivity index (χ1v) is 10.3. The molecule has 29 heavy (non-hydrogen) atoms. The van der Waals surface area contributed by atoms with E-state index in [0.717, 1.165) is 44.2 Å². The van der Waals surface area contributed by atoms with Crippen LogP contribution in [0.2, 0.25) is 0 Å². The van der Waals surface area contributed by atoms with Gasteiger partial charge in [-0.15, -0.1) is 11.3 Å². The van der Waals surface area contributed by atoms with Crippen molar-refractivity contribution in [1.29, 1.82) is 0 Å². The Kier molecular flexibility index (Phi) is 4.50. The molecule has 0 aliphatic heterocycles. The van der Waals surface area contributed by atoms with Crippen molar-refractivity contribution < 1.29 is 0 Å². The minimum absolute atomic E-state index is 0.890. The molecule has 0 radical (unpaired) electrons. The van der Waals surface area contributed by atoms with Crippen LogP contribution < -0.4 is 5.32 Å². The van der Waals surface area contributed by atoms with E-state index in [-0.39, 0.29) is 0 Å². The van der Waals surface area contributed by atoms with Crippen molar-refractivity contribution in [3.05, 3.63) is 72.7 Å². The van der Waals surface area contributed by atoms with Gasteiger partial charge in [-0.05, 0) is 62.1 Å². The lowest BCUT2D eigenvalue weighted by Gasteiger charge is -2.09. The van der Waals surface area contributed by atoms with E-state index in [1.807, 2.05) is 24.7 Å². The number of aromatic nitrogens is 3. The summed E-state index contributed by atoms with van der Waals surface area (Å²) in [6.07, 6.45) is 5.77. The van der Waals surface area contributed by atoms with Gasteiger partial charge in [0.05, 0.1) is 16.3 Å². The van der Waals surface area contributed by atoms with Gasteiger partial charge in [0.2, 0.25) is 0 Å². The quantitative estimate of drug-likeness (QED) is 0.401. The Morgan fingerprint density at radius 2 is 1.97 bits per heavy atom. The zero-order valence-corrected chi connectivity index (χ0v) is 17.1. The second-order valence-electron chi connectivity index (χ2n) is 7.38. The first-order valence-electron chi connectivity index (χ1n) is 9.48. The Bertz CT molecular complexity index is 1280. The highest BCUT2D eigenvalue weighted by molar-refractivity contribution is 7.21. The van der Waals surface area contributed by atoms with E-state index in [4.69, 9.17) is 0 Å². The van der Waals surface area contributed by atoms with Gasteiger partial charge in [-0.2, -0.15) is 0 Å². The Labute approximate surface area is 173 Å². The second-order valence-corrected chi connectivity index (χ2v) is 8.41. The van der Waals surface area contributed by atoms with Crippen LogP contribution >= 0.6 is 11.3 Å². The third-order valence-electron chi connectivity index (χ3n) is 4.84. The standard InChI is InChI=1S/C23H21N5S/c1-28(2)14-15-3-5-21(26-13-15)22-12-18-20(8-10-25-23(18)29-22)27-17-4-6-19-16(11-17)7-9-24-19/h3-13,24H,14H2,1-2H3,(H,25,27). The van der Waals surface area contributed by atoms with Crippen LogP contribution in [0.3, 0.4) is 0 Å². The molecule has 5 rings (SSSR count). The highest BCUT2D eigenvalue weighted by atomic mass is 32.1. The molecule has 0 saturated heterocycles. The van der Waals surface area contributed by atoms with Crippen LogP contribution in [-0.2, 0) is 6.54 Å². The maximum absolute atomic E-state index is 4.67. The molecular weight excluding hydrogens is 378 g/mol. The Hall–Kier alpha value is -3.22. The van der Waals surface area contributed by atoms with E-state index in [9.17, 15) is 0 Å². The fourth-order valence-electron chi connectivity index (χ4n) is 3.49. The first kappa shape index (κ1) is 17.8. The monoisotopic (exact) mass is 399 g/mol. The van der Waals surface area contributed by atoms with Crippen molar-refractivity contribution in [2.24, 2.45) is 0 Å². The van der Waals surface area contributed by atoms with Crippen LogP contribution in [-0.4, -0.2) is 33.9 Å². The summed E-state index contributed by atoms with van der Waals surface area (Å²) in [6, 6.07) is 16.8. The molecule has 0 aliphatic rings. The zero-order chi connectivity index (χ0) is 19.8. The fraction of sp³-hybridized carbons (Fsp3) is 0.130. The van der Waals surface area contributed by atoms with Gasteiger partial charge < -0.3 is 15.2 Å². The third kappa shape index (κ3) is 3.60. The van der Waals surface area contributed by atoms with Crippen molar-refractivity contribution in [2.75, 3.05) is 19.4 Å². The summed E-state index contributed by atoms with van der Waals surface area (Å²) < 4.78 is 0. The lowest BCUT2D eigenvalue weighted by molar-refractivity contribution is 0.402. The number of benzene rings is 1. The van der Waals surface area contributed by atoms with Gasteiger partial charge in [0, 0.05) is 47.1 Å². The van der Waals surface area contributed by atoms with Gasteiger partial charge >= 0.3 is 0 Å². The minimum atomic E-state index is 0.890. The average Bonchev–Trinajstić information content (AvgIpc) is 3.35. The molecule has 0 unspecified atom stereocenters. The minimum Gasteiger partial charge on any atom is -0.361 e. The van der Waals surface area contributed by atoms with Crippen LogP contribution in [0.25, 0.3) is 31.7 Å². The number of H-pyrrole nitrogens is 1. The molecule has 0 saturated carbocycles. The molecule has 0 spiro atoms.